The predicted octanol–water partition coefficient (Wildman–Crippen LogP) is 2.78. The Morgan fingerprint density at radius 2 is 2.18 bits per heavy atom. The van der Waals surface area contributed by atoms with E-state index in [1.165, 1.54) is 0 Å². The summed E-state index contributed by atoms with van der Waals surface area (Å²) in [6.45, 7) is 5.75. The summed E-state index contributed by atoms with van der Waals surface area (Å²) in [5, 5.41) is 0.726. The van der Waals surface area contributed by atoms with Gasteiger partial charge in [0.1, 0.15) is 5.75 Å². The first-order valence-corrected chi connectivity index (χ1v) is 6.25. The van der Waals surface area contributed by atoms with Crippen molar-refractivity contribution in [3.05, 3.63) is 28.8 Å². The fourth-order valence-electron chi connectivity index (χ4n) is 1.58. The molecule has 0 fully saturated rings. The summed E-state index contributed by atoms with van der Waals surface area (Å²) in [5.41, 5.74) is 6.63. The van der Waals surface area contributed by atoms with Crippen LogP contribution in [0, 0.1) is 6.92 Å². The van der Waals surface area contributed by atoms with Crippen molar-refractivity contribution in [2.75, 3.05) is 19.8 Å². The van der Waals surface area contributed by atoms with Crippen molar-refractivity contribution < 1.29 is 9.47 Å². The van der Waals surface area contributed by atoms with Gasteiger partial charge in [-0.05, 0) is 37.6 Å². The summed E-state index contributed by atoms with van der Waals surface area (Å²) in [7, 11) is 0. The van der Waals surface area contributed by atoms with Crippen LogP contribution in [-0.4, -0.2) is 25.9 Å². The molecule has 0 spiro atoms. The zero-order valence-corrected chi connectivity index (χ0v) is 11.2. The van der Waals surface area contributed by atoms with E-state index in [2.05, 4.69) is 0 Å². The number of benzene rings is 1. The molecular formula is C13H20ClNO2. The van der Waals surface area contributed by atoms with Crippen molar-refractivity contribution in [3.8, 4) is 5.75 Å². The first kappa shape index (κ1) is 14.3. The SMILES string of the molecule is CCOC(CN)CCOc1ccc(Cl)cc1C. The Kier molecular flexibility index (Phi) is 6.34. The molecule has 0 saturated carbocycles. The lowest BCUT2D eigenvalue weighted by molar-refractivity contribution is 0.0526. The summed E-state index contributed by atoms with van der Waals surface area (Å²) in [5.74, 6) is 0.863. The minimum atomic E-state index is 0.0765. The number of halogens is 1. The molecule has 0 radical (unpaired) electrons. The van der Waals surface area contributed by atoms with Crippen LogP contribution in [0.5, 0.6) is 5.75 Å². The van der Waals surface area contributed by atoms with E-state index in [0.29, 0.717) is 19.8 Å². The molecule has 0 aliphatic carbocycles. The van der Waals surface area contributed by atoms with Gasteiger partial charge < -0.3 is 15.2 Å². The summed E-state index contributed by atoms with van der Waals surface area (Å²) in [6, 6.07) is 5.60. The number of aryl methyl sites for hydroxylation is 1. The summed E-state index contributed by atoms with van der Waals surface area (Å²) in [4.78, 5) is 0. The van der Waals surface area contributed by atoms with Gasteiger partial charge in [-0.15, -0.1) is 0 Å². The van der Waals surface area contributed by atoms with Gasteiger partial charge in [-0.2, -0.15) is 0 Å². The quantitative estimate of drug-likeness (QED) is 0.817. The minimum Gasteiger partial charge on any atom is -0.493 e. The van der Waals surface area contributed by atoms with Gasteiger partial charge in [0.05, 0.1) is 12.7 Å². The minimum absolute atomic E-state index is 0.0765. The highest BCUT2D eigenvalue weighted by Gasteiger charge is 2.07. The maximum Gasteiger partial charge on any atom is 0.122 e. The second-order valence-corrected chi connectivity index (χ2v) is 4.30. The molecule has 96 valence electrons. The summed E-state index contributed by atoms with van der Waals surface area (Å²) < 4.78 is 11.1. The first-order chi connectivity index (χ1) is 8.17. The molecule has 0 saturated heterocycles. The largest absolute Gasteiger partial charge is 0.493 e. The molecule has 0 aliphatic rings. The van der Waals surface area contributed by atoms with Gasteiger partial charge in [0, 0.05) is 24.6 Å². The zero-order chi connectivity index (χ0) is 12.7. The monoisotopic (exact) mass is 257 g/mol. The number of ether oxygens (including phenoxy) is 2. The number of nitrogens with two attached hydrogens (primary N) is 1. The third kappa shape index (κ3) is 4.94. The fourth-order valence-corrected chi connectivity index (χ4v) is 1.81. The Morgan fingerprint density at radius 1 is 1.41 bits per heavy atom. The van der Waals surface area contributed by atoms with Crippen molar-refractivity contribution in [1.82, 2.24) is 0 Å². The standard InChI is InChI=1S/C13H20ClNO2/c1-3-16-12(9-15)6-7-17-13-5-4-11(14)8-10(13)2/h4-5,8,12H,3,6-7,9,15H2,1-2H3. The van der Waals surface area contributed by atoms with Crippen LogP contribution in [0.25, 0.3) is 0 Å². The van der Waals surface area contributed by atoms with E-state index >= 15 is 0 Å². The fraction of sp³-hybridized carbons (Fsp3) is 0.538. The molecule has 3 nitrogen and oxygen atoms in total. The third-order valence-electron chi connectivity index (χ3n) is 2.50. The second kappa shape index (κ2) is 7.54. The molecule has 2 N–H and O–H groups in total. The Hall–Kier alpha value is -0.770. The molecule has 1 unspecified atom stereocenters. The summed E-state index contributed by atoms with van der Waals surface area (Å²) in [6.07, 6.45) is 0.875. The van der Waals surface area contributed by atoms with Crippen molar-refractivity contribution in [3.63, 3.8) is 0 Å². The predicted molar refractivity (Wildman–Crippen MR) is 70.8 cm³/mol. The van der Waals surface area contributed by atoms with E-state index in [0.717, 1.165) is 22.8 Å². The van der Waals surface area contributed by atoms with Crippen molar-refractivity contribution in [2.24, 2.45) is 5.73 Å². The smallest absolute Gasteiger partial charge is 0.122 e. The lowest BCUT2D eigenvalue weighted by Gasteiger charge is -2.15. The number of hydrogen-bond acceptors (Lipinski definition) is 3. The molecule has 1 aromatic rings. The molecule has 0 aliphatic heterocycles. The van der Waals surface area contributed by atoms with E-state index in [9.17, 15) is 0 Å². The van der Waals surface area contributed by atoms with Crippen LogP contribution in [0.4, 0.5) is 0 Å². The maximum atomic E-state index is 5.87. The zero-order valence-electron chi connectivity index (χ0n) is 10.4. The Morgan fingerprint density at radius 3 is 2.76 bits per heavy atom. The van der Waals surface area contributed by atoms with Gasteiger partial charge in [0.2, 0.25) is 0 Å². The molecule has 0 heterocycles. The van der Waals surface area contributed by atoms with Gasteiger partial charge in [-0.25, -0.2) is 0 Å². The number of hydrogen-bond donors (Lipinski definition) is 1. The van der Waals surface area contributed by atoms with Crippen LogP contribution in [0.2, 0.25) is 5.02 Å². The Bertz CT molecular complexity index is 344. The lowest BCUT2D eigenvalue weighted by atomic mass is 10.2. The van der Waals surface area contributed by atoms with Crippen LogP contribution in [0.1, 0.15) is 18.9 Å². The van der Waals surface area contributed by atoms with Gasteiger partial charge >= 0.3 is 0 Å². The Labute approximate surface area is 108 Å². The topological polar surface area (TPSA) is 44.5 Å². The van der Waals surface area contributed by atoms with Crippen LogP contribution in [-0.2, 0) is 4.74 Å². The van der Waals surface area contributed by atoms with E-state index < -0.39 is 0 Å². The molecule has 0 amide bonds. The van der Waals surface area contributed by atoms with Crippen molar-refractivity contribution in [1.29, 1.82) is 0 Å². The Balaban J connectivity index is 2.39. The average molecular weight is 258 g/mol. The molecule has 17 heavy (non-hydrogen) atoms. The number of rotatable bonds is 7. The highest BCUT2D eigenvalue weighted by Crippen LogP contribution is 2.21. The van der Waals surface area contributed by atoms with Crippen LogP contribution >= 0.6 is 11.6 Å². The van der Waals surface area contributed by atoms with Crippen LogP contribution in [0.15, 0.2) is 18.2 Å². The van der Waals surface area contributed by atoms with Crippen LogP contribution < -0.4 is 10.5 Å². The lowest BCUT2D eigenvalue weighted by Crippen LogP contribution is -2.25. The molecule has 1 atom stereocenters. The third-order valence-corrected chi connectivity index (χ3v) is 2.73. The maximum absolute atomic E-state index is 5.87. The highest BCUT2D eigenvalue weighted by atomic mass is 35.5. The molecule has 1 aromatic carbocycles. The molecule has 4 heteroatoms. The molecular weight excluding hydrogens is 238 g/mol. The van der Waals surface area contributed by atoms with E-state index in [1.54, 1.807) is 0 Å². The van der Waals surface area contributed by atoms with Crippen LogP contribution in [0.3, 0.4) is 0 Å². The molecule has 0 bridgehead atoms. The van der Waals surface area contributed by atoms with E-state index in [-0.39, 0.29) is 6.10 Å². The highest BCUT2D eigenvalue weighted by molar-refractivity contribution is 6.30. The van der Waals surface area contributed by atoms with E-state index in [1.807, 2.05) is 32.0 Å². The van der Waals surface area contributed by atoms with Crippen molar-refractivity contribution >= 4 is 11.6 Å². The molecule has 0 aromatic heterocycles. The first-order valence-electron chi connectivity index (χ1n) is 5.88. The normalized spacial score (nSPS) is 12.5. The molecule has 1 rings (SSSR count). The van der Waals surface area contributed by atoms with Gasteiger partial charge in [-0.3, -0.25) is 0 Å². The summed E-state index contributed by atoms with van der Waals surface area (Å²) >= 11 is 5.87. The van der Waals surface area contributed by atoms with Gasteiger partial charge in [0.15, 0.2) is 0 Å². The second-order valence-electron chi connectivity index (χ2n) is 3.86. The van der Waals surface area contributed by atoms with Gasteiger partial charge in [-0.1, -0.05) is 11.6 Å². The van der Waals surface area contributed by atoms with Gasteiger partial charge in [0.25, 0.3) is 0 Å². The van der Waals surface area contributed by atoms with E-state index in [4.69, 9.17) is 26.8 Å². The van der Waals surface area contributed by atoms with Crippen molar-refractivity contribution in [2.45, 2.75) is 26.4 Å². The average Bonchev–Trinajstić information content (AvgIpc) is 2.30.